The molecule has 2 heterocycles. The summed E-state index contributed by atoms with van der Waals surface area (Å²) in [5, 5.41) is 25.8. The highest BCUT2D eigenvalue weighted by molar-refractivity contribution is 6.30. The number of nitrogens with one attached hydrogen (secondary N) is 1. The van der Waals surface area contributed by atoms with Crippen molar-refractivity contribution in [1.82, 2.24) is 30.6 Å². The van der Waals surface area contributed by atoms with Gasteiger partial charge in [0.05, 0.1) is 12.3 Å². The van der Waals surface area contributed by atoms with Crippen LogP contribution in [0.4, 0.5) is 0 Å². The van der Waals surface area contributed by atoms with E-state index in [-0.39, 0.29) is 24.5 Å². The molecule has 2 atom stereocenters. The fraction of sp³-hybridized carbons (Fsp3) is 0.526. The second kappa shape index (κ2) is 8.29. The second-order valence-electron chi connectivity index (χ2n) is 8.08. The number of hydrogen-bond acceptors (Lipinski definition) is 7. The number of tetrazole rings is 1. The van der Waals surface area contributed by atoms with Gasteiger partial charge in [-0.15, -0.1) is 5.10 Å². The molecular formula is C19H23ClN6O4. The maximum absolute atomic E-state index is 12.8. The number of aliphatic hydroxyl groups excluding tert-OH is 1. The van der Waals surface area contributed by atoms with Crippen LogP contribution in [0.15, 0.2) is 24.5 Å². The van der Waals surface area contributed by atoms with E-state index >= 15 is 0 Å². The third kappa shape index (κ3) is 4.45. The highest BCUT2D eigenvalue weighted by atomic mass is 35.5. The first kappa shape index (κ1) is 20.7. The van der Waals surface area contributed by atoms with Gasteiger partial charge in [-0.3, -0.25) is 14.4 Å². The monoisotopic (exact) mass is 434 g/mol. The summed E-state index contributed by atoms with van der Waals surface area (Å²) in [5.41, 5.74) is 1.39. The Labute approximate surface area is 178 Å². The minimum absolute atomic E-state index is 0.00570. The van der Waals surface area contributed by atoms with E-state index in [9.17, 15) is 14.7 Å². The van der Waals surface area contributed by atoms with E-state index in [1.165, 1.54) is 11.0 Å². The summed E-state index contributed by atoms with van der Waals surface area (Å²) < 4.78 is 1.47. The molecule has 0 bridgehead atoms. The molecule has 2 aromatic rings. The molecule has 1 unspecified atom stereocenters. The number of aromatic nitrogens is 4. The predicted octanol–water partition coefficient (Wildman–Crippen LogP) is 1.02. The third-order valence-corrected chi connectivity index (χ3v) is 5.82. The lowest BCUT2D eigenvalue weighted by Crippen LogP contribution is -2.48. The van der Waals surface area contributed by atoms with Crippen LogP contribution in [-0.4, -0.2) is 60.9 Å². The zero-order valence-electron chi connectivity index (χ0n) is 16.5. The SMILES string of the molecule is CC1(C[C@@H](O)C(=O)N2OCCC2C(=O)NCc2cc(Cl)ccc2-n2cnnn2)CC1. The van der Waals surface area contributed by atoms with Crippen LogP contribution in [0.3, 0.4) is 0 Å². The van der Waals surface area contributed by atoms with Crippen molar-refractivity contribution < 1.29 is 19.5 Å². The standard InChI is InChI=1S/C19H23ClN6O4/c1-19(5-6-19)9-16(27)18(29)26-15(4-7-30-26)17(28)21-10-12-8-13(20)2-3-14(12)25-11-22-23-24-25/h2-3,8,11,15-16,27H,4-7,9-10H2,1H3,(H,21,28)/t15?,16-/m1/s1. The van der Waals surface area contributed by atoms with Crippen molar-refractivity contribution in [2.24, 2.45) is 5.41 Å². The van der Waals surface area contributed by atoms with Gasteiger partial charge in [0, 0.05) is 18.0 Å². The number of rotatable bonds is 7. The molecule has 11 heteroatoms. The lowest BCUT2D eigenvalue weighted by molar-refractivity contribution is -0.188. The van der Waals surface area contributed by atoms with E-state index in [1.807, 2.05) is 6.92 Å². The zero-order chi connectivity index (χ0) is 21.3. The van der Waals surface area contributed by atoms with Gasteiger partial charge in [0.15, 0.2) is 0 Å². The Morgan fingerprint density at radius 1 is 1.43 bits per heavy atom. The van der Waals surface area contributed by atoms with Crippen LogP contribution >= 0.6 is 11.6 Å². The highest BCUT2D eigenvalue weighted by Crippen LogP contribution is 2.49. The van der Waals surface area contributed by atoms with Crippen molar-refractivity contribution in [2.75, 3.05) is 6.61 Å². The largest absolute Gasteiger partial charge is 0.383 e. The Hall–Kier alpha value is -2.56. The maximum Gasteiger partial charge on any atom is 0.275 e. The number of halogens is 1. The molecule has 1 aromatic carbocycles. The van der Waals surface area contributed by atoms with Gasteiger partial charge >= 0.3 is 0 Å². The van der Waals surface area contributed by atoms with Crippen LogP contribution in [-0.2, 0) is 21.0 Å². The molecule has 2 N–H and O–H groups in total. The molecule has 0 spiro atoms. The van der Waals surface area contributed by atoms with Crippen molar-refractivity contribution in [3.05, 3.63) is 35.1 Å². The van der Waals surface area contributed by atoms with E-state index in [1.54, 1.807) is 18.2 Å². The zero-order valence-corrected chi connectivity index (χ0v) is 17.2. The number of hydroxylamine groups is 2. The van der Waals surface area contributed by atoms with Gasteiger partial charge in [0.25, 0.3) is 5.91 Å². The minimum Gasteiger partial charge on any atom is -0.383 e. The lowest BCUT2D eigenvalue weighted by atomic mass is 10.0. The predicted molar refractivity (Wildman–Crippen MR) is 105 cm³/mol. The topological polar surface area (TPSA) is 122 Å². The smallest absolute Gasteiger partial charge is 0.275 e. The first-order valence-electron chi connectivity index (χ1n) is 9.80. The van der Waals surface area contributed by atoms with E-state index in [0.717, 1.165) is 17.9 Å². The summed E-state index contributed by atoms with van der Waals surface area (Å²) in [7, 11) is 0. The molecule has 160 valence electrons. The molecule has 10 nitrogen and oxygen atoms in total. The van der Waals surface area contributed by atoms with Crippen molar-refractivity contribution >= 4 is 23.4 Å². The molecule has 4 rings (SSSR count). The Balaban J connectivity index is 1.41. The Bertz CT molecular complexity index is 933. The van der Waals surface area contributed by atoms with Gasteiger partial charge < -0.3 is 10.4 Å². The Morgan fingerprint density at radius 3 is 2.93 bits per heavy atom. The number of benzene rings is 1. The summed E-state index contributed by atoms with van der Waals surface area (Å²) in [6.45, 7) is 2.43. The van der Waals surface area contributed by atoms with Gasteiger partial charge in [-0.1, -0.05) is 18.5 Å². The Kier molecular flexibility index (Phi) is 5.72. The van der Waals surface area contributed by atoms with Crippen LogP contribution in [0.25, 0.3) is 5.69 Å². The summed E-state index contributed by atoms with van der Waals surface area (Å²) in [6, 6.07) is 4.38. The molecule has 1 aliphatic carbocycles. The first-order chi connectivity index (χ1) is 14.4. The van der Waals surface area contributed by atoms with Crippen molar-refractivity contribution in [1.29, 1.82) is 0 Å². The number of carbonyl (C=O) groups excluding carboxylic acids is 2. The maximum atomic E-state index is 12.8. The van der Waals surface area contributed by atoms with Crippen molar-refractivity contribution in [2.45, 2.75) is 51.3 Å². The summed E-state index contributed by atoms with van der Waals surface area (Å²) in [6.07, 6.45) is 2.98. The van der Waals surface area contributed by atoms with Gasteiger partial charge in [0.1, 0.15) is 18.5 Å². The number of nitrogens with zero attached hydrogens (tertiary/aromatic N) is 5. The van der Waals surface area contributed by atoms with Gasteiger partial charge in [0.2, 0.25) is 5.91 Å². The van der Waals surface area contributed by atoms with Gasteiger partial charge in [-0.2, -0.15) is 0 Å². The number of amides is 2. The fourth-order valence-electron chi connectivity index (χ4n) is 3.53. The van der Waals surface area contributed by atoms with Gasteiger partial charge in [-0.05, 0) is 58.9 Å². The second-order valence-corrected chi connectivity index (χ2v) is 8.51. The van der Waals surface area contributed by atoms with Crippen LogP contribution in [0, 0.1) is 5.41 Å². The van der Waals surface area contributed by atoms with Crippen molar-refractivity contribution in [3.63, 3.8) is 0 Å². The molecule has 0 radical (unpaired) electrons. The minimum atomic E-state index is -1.18. The van der Waals surface area contributed by atoms with Crippen molar-refractivity contribution in [3.8, 4) is 5.69 Å². The lowest BCUT2D eigenvalue weighted by Gasteiger charge is -2.25. The van der Waals surface area contributed by atoms with E-state index in [0.29, 0.717) is 29.1 Å². The van der Waals surface area contributed by atoms with Crippen LogP contribution in [0.2, 0.25) is 5.02 Å². The Morgan fingerprint density at radius 2 is 2.23 bits per heavy atom. The average molecular weight is 435 g/mol. The molecule has 1 aliphatic heterocycles. The van der Waals surface area contributed by atoms with E-state index in [4.69, 9.17) is 16.4 Å². The first-order valence-corrected chi connectivity index (χ1v) is 10.2. The molecule has 2 amide bonds. The molecular weight excluding hydrogens is 412 g/mol. The van der Waals surface area contributed by atoms with Crippen LogP contribution < -0.4 is 5.32 Å². The molecule has 30 heavy (non-hydrogen) atoms. The molecule has 1 aromatic heterocycles. The molecule has 1 saturated heterocycles. The average Bonchev–Trinajstić information content (AvgIpc) is 3.15. The van der Waals surface area contributed by atoms with E-state index < -0.39 is 18.1 Å². The van der Waals surface area contributed by atoms with Crippen LogP contribution in [0.1, 0.15) is 38.2 Å². The number of aliphatic hydroxyl groups is 1. The molecule has 1 saturated carbocycles. The van der Waals surface area contributed by atoms with Crippen LogP contribution in [0.5, 0.6) is 0 Å². The number of carbonyl (C=O) groups is 2. The summed E-state index contributed by atoms with van der Waals surface area (Å²) in [5.74, 6) is -0.939. The summed E-state index contributed by atoms with van der Waals surface area (Å²) >= 11 is 6.10. The molecule has 2 fully saturated rings. The normalized spacial score (nSPS) is 20.8. The van der Waals surface area contributed by atoms with Gasteiger partial charge in [-0.25, -0.2) is 9.75 Å². The highest BCUT2D eigenvalue weighted by Gasteiger charge is 2.44. The number of hydrogen-bond donors (Lipinski definition) is 2. The quantitative estimate of drug-likeness (QED) is 0.666. The summed E-state index contributed by atoms with van der Waals surface area (Å²) in [4.78, 5) is 30.8. The van der Waals surface area contributed by atoms with E-state index in [2.05, 4.69) is 20.8 Å². The molecule has 2 aliphatic rings. The fourth-order valence-corrected chi connectivity index (χ4v) is 3.73. The third-order valence-electron chi connectivity index (χ3n) is 5.59.